The summed E-state index contributed by atoms with van der Waals surface area (Å²) < 4.78 is 0. The first-order chi connectivity index (χ1) is 9.15. The van der Waals surface area contributed by atoms with Crippen molar-refractivity contribution < 1.29 is 9.90 Å². The monoisotopic (exact) mass is 298 g/mol. The molecule has 2 rings (SSSR count). The molecule has 0 aromatic heterocycles. The van der Waals surface area contributed by atoms with Gasteiger partial charge in [-0.05, 0) is 62.0 Å². The minimum atomic E-state index is 0. The van der Waals surface area contributed by atoms with Gasteiger partial charge in [0.05, 0.1) is 0 Å². The number of rotatable bonds is 4. The number of halogens is 1. The van der Waals surface area contributed by atoms with E-state index in [9.17, 15) is 9.90 Å². The Morgan fingerprint density at radius 2 is 2.15 bits per heavy atom. The highest BCUT2D eigenvalue weighted by Crippen LogP contribution is 2.23. The van der Waals surface area contributed by atoms with Gasteiger partial charge in [-0.15, -0.1) is 12.4 Å². The molecule has 5 heteroatoms. The van der Waals surface area contributed by atoms with E-state index in [1.54, 1.807) is 24.3 Å². The number of hydrogen-bond acceptors (Lipinski definition) is 3. The first-order valence-corrected chi connectivity index (χ1v) is 6.95. The lowest BCUT2D eigenvalue weighted by Crippen LogP contribution is -2.34. The second kappa shape index (κ2) is 8.12. The van der Waals surface area contributed by atoms with Crippen LogP contribution < -0.4 is 10.6 Å². The summed E-state index contributed by atoms with van der Waals surface area (Å²) >= 11 is 0. The average Bonchev–Trinajstić information content (AvgIpc) is 2.42. The molecular weight excluding hydrogens is 276 g/mol. The molecule has 1 aromatic carbocycles. The summed E-state index contributed by atoms with van der Waals surface area (Å²) in [6.07, 6.45) is 2.96. The van der Waals surface area contributed by atoms with Crippen LogP contribution in [0, 0.1) is 11.8 Å². The Bertz CT molecular complexity index is 416. The van der Waals surface area contributed by atoms with Crippen molar-refractivity contribution in [1.29, 1.82) is 0 Å². The van der Waals surface area contributed by atoms with Crippen molar-refractivity contribution >= 4 is 24.0 Å². The van der Waals surface area contributed by atoms with Crippen molar-refractivity contribution in [3.05, 3.63) is 24.3 Å². The highest BCUT2D eigenvalue weighted by molar-refractivity contribution is 5.90. The van der Waals surface area contributed by atoms with Crippen molar-refractivity contribution in [3.63, 3.8) is 0 Å². The number of anilines is 1. The second-order valence-corrected chi connectivity index (χ2v) is 5.38. The molecule has 1 heterocycles. The average molecular weight is 299 g/mol. The molecule has 2 atom stereocenters. The molecule has 1 aromatic rings. The highest BCUT2D eigenvalue weighted by atomic mass is 35.5. The van der Waals surface area contributed by atoms with E-state index in [1.165, 1.54) is 12.8 Å². The second-order valence-electron chi connectivity index (χ2n) is 5.38. The third kappa shape index (κ3) is 5.02. The van der Waals surface area contributed by atoms with Gasteiger partial charge < -0.3 is 15.7 Å². The molecule has 3 N–H and O–H groups in total. The van der Waals surface area contributed by atoms with Crippen molar-refractivity contribution in [3.8, 4) is 5.75 Å². The van der Waals surface area contributed by atoms with E-state index in [2.05, 4.69) is 17.6 Å². The number of phenolic OH excluding ortho intramolecular Hbond substituents is 1. The van der Waals surface area contributed by atoms with Gasteiger partial charge in [0, 0.05) is 12.1 Å². The predicted octanol–water partition coefficient (Wildman–Crippen LogP) is 2.78. The summed E-state index contributed by atoms with van der Waals surface area (Å²) in [5.74, 6) is 1.24. The van der Waals surface area contributed by atoms with E-state index >= 15 is 0 Å². The summed E-state index contributed by atoms with van der Waals surface area (Å²) in [6, 6.07) is 6.56. The Hall–Kier alpha value is -1.26. The lowest BCUT2D eigenvalue weighted by molar-refractivity contribution is -0.117. The van der Waals surface area contributed by atoms with Crippen molar-refractivity contribution in [1.82, 2.24) is 5.32 Å². The van der Waals surface area contributed by atoms with Crippen LogP contribution in [0.4, 0.5) is 5.69 Å². The molecule has 1 aliphatic heterocycles. The summed E-state index contributed by atoms with van der Waals surface area (Å²) in [7, 11) is 0. The van der Waals surface area contributed by atoms with Gasteiger partial charge in [-0.1, -0.05) is 6.92 Å². The maximum absolute atomic E-state index is 12.0. The highest BCUT2D eigenvalue weighted by Gasteiger charge is 2.21. The number of hydrogen-bond donors (Lipinski definition) is 3. The molecule has 20 heavy (non-hydrogen) atoms. The lowest BCUT2D eigenvalue weighted by Gasteiger charge is -2.28. The number of amides is 1. The first-order valence-electron chi connectivity index (χ1n) is 6.95. The first kappa shape index (κ1) is 16.8. The molecule has 1 aliphatic rings. The van der Waals surface area contributed by atoms with Crippen LogP contribution in [0.1, 0.15) is 26.2 Å². The number of benzene rings is 1. The molecule has 112 valence electrons. The lowest BCUT2D eigenvalue weighted by atomic mass is 9.85. The van der Waals surface area contributed by atoms with Gasteiger partial charge in [-0.3, -0.25) is 4.79 Å². The molecule has 0 radical (unpaired) electrons. The van der Waals surface area contributed by atoms with E-state index in [4.69, 9.17) is 0 Å². The van der Waals surface area contributed by atoms with E-state index in [0.717, 1.165) is 18.8 Å². The fourth-order valence-corrected chi connectivity index (χ4v) is 2.58. The summed E-state index contributed by atoms with van der Waals surface area (Å²) in [4.78, 5) is 12.0. The maximum Gasteiger partial charge on any atom is 0.224 e. The SMILES string of the molecule is CC(CC(=O)Nc1ccc(O)cc1)C1CCCNC1.Cl. The van der Waals surface area contributed by atoms with E-state index in [-0.39, 0.29) is 24.1 Å². The van der Waals surface area contributed by atoms with Crippen LogP contribution >= 0.6 is 12.4 Å². The van der Waals surface area contributed by atoms with Gasteiger partial charge in [0.2, 0.25) is 5.91 Å². The topological polar surface area (TPSA) is 61.4 Å². The Balaban J connectivity index is 0.00000200. The quantitative estimate of drug-likeness (QED) is 0.749. The van der Waals surface area contributed by atoms with E-state index in [1.807, 2.05) is 0 Å². The summed E-state index contributed by atoms with van der Waals surface area (Å²) in [5.41, 5.74) is 0.733. The third-order valence-electron chi connectivity index (χ3n) is 3.80. The van der Waals surface area contributed by atoms with E-state index < -0.39 is 0 Å². The normalized spacial score (nSPS) is 19.8. The number of aromatic hydroxyl groups is 1. The summed E-state index contributed by atoms with van der Waals surface area (Å²) in [5, 5.41) is 15.4. The summed E-state index contributed by atoms with van der Waals surface area (Å²) in [6.45, 7) is 4.27. The van der Waals surface area contributed by atoms with Gasteiger partial charge in [-0.25, -0.2) is 0 Å². The zero-order chi connectivity index (χ0) is 13.7. The van der Waals surface area contributed by atoms with Crippen molar-refractivity contribution in [2.24, 2.45) is 11.8 Å². The fourth-order valence-electron chi connectivity index (χ4n) is 2.58. The molecule has 1 fully saturated rings. The minimum Gasteiger partial charge on any atom is -0.508 e. The zero-order valence-electron chi connectivity index (χ0n) is 11.8. The van der Waals surface area contributed by atoms with Gasteiger partial charge >= 0.3 is 0 Å². The number of carbonyl (C=O) groups excluding carboxylic acids is 1. The van der Waals surface area contributed by atoms with E-state index in [0.29, 0.717) is 18.3 Å². The van der Waals surface area contributed by atoms with Crippen LogP contribution in [0.15, 0.2) is 24.3 Å². The minimum absolute atomic E-state index is 0. The van der Waals surface area contributed by atoms with Crippen LogP contribution in [-0.2, 0) is 4.79 Å². The largest absolute Gasteiger partial charge is 0.508 e. The third-order valence-corrected chi connectivity index (χ3v) is 3.80. The number of nitrogens with one attached hydrogen (secondary N) is 2. The molecule has 0 saturated carbocycles. The Labute approximate surface area is 126 Å². The van der Waals surface area contributed by atoms with Crippen LogP contribution in [0.25, 0.3) is 0 Å². The number of piperidine rings is 1. The predicted molar refractivity (Wildman–Crippen MR) is 83.4 cm³/mol. The standard InChI is InChI=1S/C15H22N2O2.ClH/c1-11(12-3-2-8-16-10-12)9-15(19)17-13-4-6-14(18)7-5-13;/h4-7,11-12,16,18H,2-3,8-10H2,1H3,(H,17,19);1H. The number of carbonyl (C=O) groups is 1. The zero-order valence-corrected chi connectivity index (χ0v) is 12.6. The van der Waals surface area contributed by atoms with Crippen LogP contribution in [0.2, 0.25) is 0 Å². The maximum atomic E-state index is 12.0. The molecule has 0 aliphatic carbocycles. The molecule has 0 bridgehead atoms. The Morgan fingerprint density at radius 3 is 2.75 bits per heavy atom. The Morgan fingerprint density at radius 1 is 1.45 bits per heavy atom. The number of phenols is 1. The smallest absolute Gasteiger partial charge is 0.224 e. The molecular formula is C15H23ClN2O2. The van der Waals surface area contributed by atoms with Crippen LogP contribution in [0.3, 0.4) is 0 Å². The molecule has 0 spiro atoms. The molecule has 1 saturated heterocycles. The van der Waals surface area contributed by atoms with Gasteiger partial charge in [0.15, 0.2) is 0 Å². The molecule has 4 nitrogen and oxygen atoms in total. The van der Waals surface area contributed by atoms with Gasteiger partial charge in [0.25, 0.3) is 0 Å². The van der Waals surface area contributed by atoms with Crippen LogP contribution in [-0.4, -0.2) is 24.1 Å². The van der Waals surface area contributed by atoms with Gasteiger partial charge in [-0.2, -0.15) is 0 Å². The molecule has 2 unspecified atom stereocenters. The molecule has 1 amide bonds. The van der Waals surface area contributed by atoms with Gasteiger partial charge in [0.1, 0.15) is 5.75 Å². The Kier molecular flexibility index (Phi) is 6.82. The van der Waals surface area contributed by atoms with Crippen LogP contribution in [0.5, 0.6) is 5.75 Å². The fraction of sp³-hybridized carbons (Fsp3) is 0.533. The van der Waals surface area contributed by atoms with Crippen molar-refractivity contribution in [2.45, 2.75) is 26.2 Å². The van der Waals surface area contributed by atoms with Crippen molar-refractivity contribution in [2.75, 3.05) is 18.4 Å².